The van der Waals surface area contributed by atoms with Crippen LogP contribution in [0.2, 0.25) is 0 Å². The molecule has 1 amide bonds. The zero-order valence-electron chi connectivity index (χ0n) is 7.29. The van der Waals surface area contributed by atoms with Crippen LogP contribution in [0.1, 0.15) is 26.2 Å². The maximum Gasteiger partial charge on any atom is 0.404 e. The monoisotopic (exact) mass is 172 g/mol. The average molecular weight is 172 g/mol. The molecule has 0 aromatic heterocycles. The molecule has 0 bridgehead atoms. The van der Waals surface area contributed by atoms with E-state index in [-0.39, 0.29) is 12.1 Å². The Morgan fingerprint density at radius 3 is 2.75 bits per heavy atom. The van der Waals surface area contributed by atoms with E-state index in [0.717, 1.165) is 19.3 Å². The van der Waals surface area contributed by atoms with Gasteiger partial charge in [-0.15, -0.1) is 0 Å². The smallest absolute Gasteiger partial charge is 0.404 e. The van der Waals surface area contributed by atoms with Gasteiger partial charge in [-0.1, -0.05) is 6.92 Å². The van der Waals surface area contributed by atoms with Crippen molar-refractivity contribution in [1.82, 2.24) is 5.32 Å². The molecular weight excluding hydrogens is 156 g/mol. The van der Waals surface area contributed by atoms with E-state index in [0.29, 0.717) is 5.92 Å². The highest BCUT2D eigenvalue weighted by atomic mass is 16.4. The van der Waals surface area contributed by atoms with Crippen molar-refractivity contribution in [3.63, 3.8) is 0 Å². The van der Waals surface area contributed by atoms with Crippen LogP contribution in [0.25, 0.3) is 0 Å². The molecule has 0 radical (unpaired) electrons. The minimum absolute atomic E-state index is 0.0994. The zero-order chi connectivity index (χ0) is 9.14. The lowest BCUT2D eigenvalue weighted by Gasteiger charge is -2.32. The summed E-state index contributed by atoms with van der Waals surface area (Å²) in [7, 11) is 0. The van der Waals surface area contributed by atoms with Crippen molar-refractivity contribution in [2.45, 2.75) is 38.3 Å². The molecule has 4 N–H and O–H groups in total. The van der Waals surface area contributed by atoms with Crippen LogP contribution in [0.3, 0.4) is 0 Å². The van der Waals surface area contributed by atoms with Gasteiger partial charge in [-0.05, 0) is 25.2 Å². The van der Waals surface area contributed by atoms with Gasteiger partial charge in [0.1, 0.15) is 0 Å². The molecule has 1 aliphatic carbocycles. The largest absolute Gasteiger partial charge is 0.465 e. The predicted octanol–water partition coefficient (Wildman–Crippen LogP) is 0.770. The standard InChI is InChI=1S/C8H16N2O2/c1-5-4-6(9)2-3-7(5)10-8(11)12/h5-7,10H,2-4,9H2,1H3,(H,11,12)/t5-,6-,7-/m0/s1. The van der Waals surface area contributed by atoms with Crippen molar-refractivity contribution in [2.75, 3.05) is 0 Å². The number of nitrogens with two attached hydrogens (primary N) is 1. The summed E-state index contributed by atoms with van der Waals surface area (Å²) >= 11 is 0. The Balaban J connectivity index is 2.39. The topological polar surface area (TPSA) is 75.3 Å². The van der Waals surface area contributed by atoms with Gasteiger partial charge in [-0.2, -0.15) is 0 Å². The molecule has 0 unspecified atom stereocenters. The van der Waals surface area contributed by atoms with Gasteiger partial charge in [0.25, 0.3) is 0 Å². The molecule has 0 saturated heterocycles. The van der Waals surface area contributed by atoms with Gasteiger partial charge in [0.15, 0.2) is 0 Å². The zero-order valence-corrected chi connectivity index (χ0v) is 7.29. The van der Waals surface area contributed by atoms with Crippen LogP contribution in [0.4, 0.5) is 4.79 Å². The van der Waals surface area contributed by atoms with E-state index < -0.39 is 6.09 Å². The number of amides is 1. The molecule has 0 heterocycles. The fraction of sp³-hybridized carbons (Fsp3) is 0.875. The van der Waals surface area contributed by atoms with E-state index in [1.54, 1.807) is 0 Å². The van der Waals surface area contributed by atoms with Crippen LogP contribution in [0.15, 0.2) is 0 Å². The number of hydrogen-bond acceptors (Lipinski definition) is 2. The van der Waals surface area contributed by atoms with Crippen molar-refractivity contribution in [3.05, 3.63) is 0 Å². The van der Waals surface area contributed by atoms with Crippen LogP contribution < -0.4 is 11.1 Å². The second-order valence-corrected chi connectivity index (χ2v) is 3.61. The number of nitrogens with one attached hydrogen (secondary N) is 1. The van der Waals surface area contributed by atoms with Gasteiger partial charge in [0.05, 0.1) is 0 Å². The van der Waals surface area contributed by atoms with Gasteiger partial charge in [0.2, 0.25) is 0 Å². The minimum atomic E-state index is -0.928. The van der Waals surface area contributed by atoms with E-state index in [4.69, 9.17) is 10.8 Å². The average Bonchev–Trinajstić information content (AvgIpc) is 1.94. The summed E-state index contributed by atoms with van der Waals surface area (Å²) < 4.78 is 0. The Hall–Kier alpha value is -0.770. The minimum Gasteiger partial charge on any atom is -0.465 e. The van der Waals surface area contributed by atoms with Crippen LogP contribution in [-0.4, -0.2) is 23.3 Å². The summed E-state index contributed by atoms with van der Waals surface area (Å²) in [5.74, 6) is 0.366. The Kier molecular flexibility index (Phi) is 2.92. The molecule has 1 rings (SSSR count). The Labute approximate surface area is 72.1 Å². The van der Waals surface area contributed by atoms with Gasteiger partial charge in [-0.3, -0.25) is 0 Å². The SMILES string of the molecule is C[C@H]1C[C@@H](N)CC[C@@H]1NC(=O)O. The fourth-order valence-corrected chi connectivity index (χ4v) is 1.81. The van der Waals surface area contributed by atoms with Crippen LogP contribution in [0, 0.1) is 5.92 Å². The van der Waals surface area contributed by atoms with Crippen molar-refractivity contribution in [3.8, 4) is 0 Å². The van der Waals surface area contributed by atoms with Gasteiger partial charge in [-0.25, -0.2) is 4.79 Å². The van der Waals surface area contributed by atoms with Gasteiger partial charge in [0, 0.05) is 12.1 Å². The van der Waals surface area contributed by atoms with Crippen LogP contribution >= 0.6 is 0 Å². The second kappa shape index (κ2) is 3.76. The first kappa shape index (κ1) is 9.32. The third kappa shape index (κ3) is 2.37. The lowest BCUT2D eigenvalue weighted by atomic mass is 9.83. The molecule has 0 aromatic rings. The molecule has 4 nitrogen and oxygen atoms in total. The molecule has 70 valence electrons. The molecule has 0 aliphatic heterocycles. The molecule has 3 atom stereocenters. The number of hydrogen-bond donors (Lipinski definition) is 3. The summed E-state index contributed by atoms with van der Waals surface area (Å²) in [6.07, 6.45) is 1.79. The van der Waals surface area contributed by atoms with Gasteiger partial charge >= 0.3 is 6.09 Å². The van der Waals surface area contributed by atoms with Crippen LogP contribution in [-0.2, 0) is 0 Å². The van der Waals surface area contributed by atoms with E-state index in [1.807, 2.05) is 6.92 Å². The highest BCUT2D eigenvalue weighted by Gasteiger charge is 2.26. The summed E-state index contributed by atoms with van der Waals surface area (Å²) in [4.78, 5) is 10.4. The predicted molar refractivity (Wildman–Crippen MR) is 45.9 cm³/mol. The summed E-state index contributed by atoms with van der Waals surface area (Å²) in [6, 6.07) is 0.356. The van der Waals surface area contributed by atoms with Crippen LogP contribution in [0.5, 0.6) is 0 Å². The highest BCUT2D eigenvalue weighted by Crippen LogP contribution is 2.22. The van der Waals surface area contributed by atoms with Crippen molar-refractivity contribution in [1.29, 1.82) is 0 Å². The lowest BCUT2D eigenvalue weighted by molar-refractivity contribution is 0.175. The molecule has 0 spiro atoms. The third-order valence-electron chi connectivity index (χ3n) is 2.52. The first-order chi connectivity index (χ1) is 5.59. The molecular formula is C8H16N2O2. The molecule has 12 heavy (non-hydrogen) atoms. The Morgan fingerprint density at radius 2 is 2.25 bits per heavy atom. The quantitative estimate of drug-likeness (QED) is 0.547. The number of rotatable bonds is 1. The lowest BCUT2D eigenvalue weighted by Crippen LogP contribution is -2.45. The highest BCUT2D eigenvalue weighted by molar-refractivity contribution is 5.64. The summed E-state index contributed by atoms with van der Waals surface area (Å²) in [6.45, 7) is 2.04. The van der Waals surface area contributed by atoms with E-state index in [2.05, 4.69) is 5.32 Å². The molecule has 1 saturated carbocycles. The number of carbonyl (C=O) groups is 1. The van der Waals surface area contributed by atoms with Gasteiger partial charge < -0.3 is 16.2 Å². The number of carboxylic acid groups (broad SMARTS) is 1. The van der Waals surface area contributed by atoms with Crippen molar-refractivity contribution >= 4 is 6.09 Å². The maximum absolute atomic E-state index is 10.4. The van der Waals surface area contributed by atoms with E-state index in [9.17, 15) is 4.79 Å². The van der Waals surface area contributed by atoms with Crippen molar-refractivity contribution < 1.29 is 9.90 Å². The van der Waals surface area contributed by atoms with E-state index >= 15 is 0 Å². The normalized spacial score (nSPS) is 36.0. The maximum atomic E-state index is 10.4. The van der Waals surface area contributed by atoms with Crippen molar-refractivity contribution in [2.24, 2.45) is 11.7 Å². The Bertz CT molecular complexity index is 172. The first-order valence-electron chi connectivity index (χ1n) is 4.34. The molecule has 4 heteroatoms. The van der Waals surface area contributed by atoms with E-state index in [1.165, 1.54) is 0 Å². The molecule has 1 fully saturated rings. The summed E-state index contributed by atoms with van der Waals surface area (Å²) in [5, 5.41) is 11.0. The molecule has 0 aromatic carbocycles. The fourth-order valence-electron chi connectivity index (χ4n) is 1.81. The Morgan fingerprint density at radius 1 is 1.58 bits per heavy atom. The molecule has 1 aliphatic rings. The third-order valence-corrected chi connectivity index (χ3v) is 2.52. The summed E-state index contributed by atoms with van der Waals surface area (Å²) in [5.41, 5.74) is 5.74. The second-order valence-electron chi connectivity index (χ2n) is 3.61. The first-order valence-corrected chi connectivity index (χ1v) is 4.34.